The summed E-state index contributed by atoms with van der Waals surface area (Å²) in [6.07, 6.45) is 1.03. The number of carbonyl (C=O) groups is 1. The zero-order valence-corrected chi connectivity index (χ0v) is 21.7. The number of nitrogens with one attached hydrogen (secondary N) is 1. The fraction of sp³-hybridized carbons (Fsp3) is 0.0690. The van der Waals surface area contributed by atoms with Gasteiger partial charge in [0.15, 0.2) is 5.69 Å². The number of hydrogen-bond acceptors (Lipinski definition) is 4. The molecule has 2 aromatic heterocycles. The standard InChI is InChI=1S/C29H21Cl2FN4O2/c1-18-27(29(37)34-26-14-10-22(32)16-33-26)35-36(25-13-9-21(30)15-24(25)31)28(18)20-7-11-23(12-8-20)38-17-19-5-3-2-4-6-19/h2-16H,17H2,1H3,(H,33,34,37). The van der Waals surface area contributed by atoms with Crippen molar-refractivity contribution in [2.75, 3.05) is 5.32 Å². The van der Waals surface area contributed by atoms with E-state index in [1.54, 1.807) is 29.8 Å². The summed E-state index contributed by atoms with van der Waals surface area (Å²) >= 11 is 12.6. The van der Waals surface area contributed by atoms with Gasteiger partial charge in [-0.1, -0.05) is 53.5 Å². The summed E-state index contributed by atoms with van der Waals surface area (Å²) in [4.78, 5) is 17.1. The molecule has 0 saturated carbocycles. The van der Waals surface area contributed by atoms with E-state index in [1.165, 1.54) is 12.1 Å². The molecule has 3 aromatic carbocycles. The van der Waals surface area contributed by atoms with Crippen LogP contribution in [-0.4, -0.2) is 20.7 Å². The number of nitrogens with zero attached hydrogens (tertiary/aromatic N) is 3. The highest BCUT2D eigenvalue weighted by molar-refractivity contribution is 6.35. The SMILES string of the molecule is Cc1c(C(=O)Nc2ccc(F)cn2)nn(-c2ccc(Cl)cc2Cl)c1-c1ccc(OCc2ccccc2)cc1. The Morgan fingerprint density at radius 2 is 1.76 bits per heavy atom. The molecule has 0 aliphatic heterocycles. The molecular formula is C29H21Cl2FN4O2. The van der Waals surface area contributed by atoms with Crippen molar-refractivity contribution >= 4 is 34.9 Å². The Morgan fingerprint density at radius 3 is 2.45 bits per heavy atom. The molecular weight excluding hydrogens is 526 g/mol. The summed E-state index contributed by atoms with van der Waals surface area (Å²) in [6, 6.07) is 25.1. The molecule has 0 saturated heterocycles. The van der Waals surface area contributed by atoms with Gasteiger partial charge in [0, 0.05) is 16.1 Å². The van der Waals surface area contributed by atoms with Gasteiger partial charge in [0.2, 0.25) is 0 Å². The van der Waals surface area contributed by atoms with Crippen molar-refractivity contribution in [1.82, 2.24) is 14.8 Å². The molecule has 0 atom stereocenters. The molecule has 0 bridgehead atoms. The summed E-state index contributed by atoms with van der Waals surface area (Å²) in [5, 5.41) is 8.12. The zero-order valence-electron chi connectivity index (χ0n) is 20.2. The summed E-state index contributed by atoms with van der Waals surface area (Å²) in [5.41, 5.74) is 3.87. The fourth-order valence-corrected chi connectivity index (χ4v) is 4.44. The number of amides is 1. The predicted molar refractivity (Wildman–Crippen MR) is 147 cm³/mol. The molecule has 5 aromatic rings. The lowest BCUT2D eigenvalue weighted by Crippen LogP contribution is -2.15. The second-order valence-corrected chi connectivity index (χ2v) is 9.29. The largest absolute Gasteiger partial charge is 0.489 e. The number of halogens is 3. The molecule has 1 N–H and O–H groups in total. The summed E-state index contributed by atoms with van der Waals surface area (Å²) in [5.74, 6) is -0.0867. The second kappa shape index (κ2) is 11.0. The third-order valence-corrected chi connectivity index (χ3v) is 6.36. The molecule has 0 spiro atoms. The van der Waals surface area contributed by atoms with E-state index in [2.05, 4.69) is 15.4 Å². The second-order valence-electron chi connectivity index (χ2n) is 8.44. The average molecular weight is 547 g/mol. The van der Waals surface area contributed by atoms with E-state index in [9.17, 15) is 9.18 Å². The Balaban J connectivity index is 1.50. The van der Waals surface area contributed by atoms with Gasteiger partial charge in [0.25, 0.3) is 5.91 Å². The van der Waals surface area contributed by atoms with Gasteiger partial charge in [-0.05, 0) is 67.1 Å². The van der Waals surface area contributed by atoms with E-state index in [1.807, 2.05) is 54.6 Å². The van der Waals surface area contributed by atoms with Crippen LogP contribution in [0.15, 0.2) is 91.1 Å². The maximum absolute atomic E-state index is 13.3. The van der Waals surface area contributed by atoms with Crippen LogP contribution in [-0.2, 0) is 6.61 Å². The Morgan fingerprint density at radius 1 is 1.00 bits per heavy atom. The van der Waals surface area contributed by atoms with Gasteiger partial charge < -0.3 is 10.1 Å². The van der Waals surface area contributed by atoms with Crippen LogP contribution in [0.5, 0.6) is 5.75 Å². The lowest BCUT2D eigenvalue weighted by atomic mass is 10.1. The van der Waals surface area contributed by atoms with E-state index in [4.69, 9.17) is 27.9 Å². The monoisotopic (exact) mass is 546 g/mol. The molecule has 0 aliphatic rings. The molecule has 6 nitrogen and oxygen atoms in total. The number of ether oxygens (including phenoxy) is 1. The Labute approximate surface area is 228 Å². The van der Waals surface area contributed by atoms with Crippen molar-refractivity contribution < 1.29 is 13.9 Å². The zero-order chi connectivity index (χ0) is 26.6. The highest BCUT2D eigenvalue weighted by Crippen LogP contribution is 2.33. The Kier molecular flexibility index (Phi) is 7.40. The van der Waals surface area contributed by atoms with Gasteiger partial charge in [0.05, 0.1) is 22.6 Å². The maximum atomic E-state index is 13.3. The lowest BCUT2D eigenvalue weighted by Gasteiger charge is -2.12. The third kappa shape index (κ3) is 5.54. The molecule has 2 heterocycles. The van der Waals surface area contributed by atoms with Crippen LogP contribution in [0.4, 0.5) is 10.2 Å². The molecule has 1 amide bonds. The van der Waals surface area contributed by atoms with Crippen LogP contribution in [0.1, 0.15) is 21.6 Å². The third-order valence-electron chi connectivity index (χ3n) is 5.82. The molecule has 0 radical (unpaired) electrons. The first-order chi connectivity index (χ1) is 18.4. The minimum Gasteiger partial charge on any atom is -0.489 e. The number of aromatic nitrogens is 3. The summed E-state index contributed by atoms with van der Waals surface area (Å²) in [7, 11) is 0. The minimum absolute atomic E-state index is 0.168. The van der Waals surface area contributed by atoms with E-state index < -0.39 is 11.7 Å². The number of pyridine rings is 1. The first-order valence-electron chi connectivity index (χ1n) is 11.6. The first kappa shape index (κ1) is 25.4. The fourth-order valence-electron chi connectivity index (χ4n) is 3.95. The van der Waals surface area contributed by atoms with Crippen molar-refractivity contribution in [3.63, 3.8) is 0 Å². The van der Waals surface area contributed by atoms with Crippen LogP contribution in [0.25, 0.3) is 16.9 Å². The lowest BCUT2D eigenvalue weighted by molar-refractivity contribution is 0.102. The van der Waals surface area contributed by atoms with E-state index in [-0.39, 0.29) is 11.5 Å². The number of rotatable bonds is 7. The Bertz CT molecular complexity index is 1590. The Hall–Kier alpha value is -4.20. The molecule has 9 heteroatoms. The maximum Gasteiger partial charge on any atom is 0.277 e. The van der Waals surface area contributed by atoms with Crippen LogP contribution >= 0.6 is 23.2 Å². The van der Waals surface area contributed by atoms with E-state index in [0.29, 0.717) is 39.3 Å². The van der Waals surface area contributed by atoms with E-state index >= 15 is 0 Å². The van der Waals surface area contributed by atoms with Crippen LogP contribution in [0.3, 0.4) is 0 Å². The molecule has 0 unspecified atom stereocenters. The number of anilines is 1. The smallest absolute Gasteiger partial charge is 0.277 e. The van der Waals surface area contributed by atoms with Gasteiger partial charge in [-0.25, -0.2) is 14.1 Å². The number of benzene rings is 3. The number of hydrogen-bond donors (Lipinski definition) is 1. The molecule has 190 valence electrons. The topological polar surface area (TPSA) is 69.0 Å². The van der Waals surface area contributed by atoms with Crippen LogP contribution in [0, 0.1) is 12.7 Å². The van der Waals surface area contributed by atoms with Crippen molar-refractivity contribution in [3.8, 4) is 22.7 Å². The van der Waals surface area contributed by atoms with Gasteiger partial charge in [-0.15, -0.1) is 0 Å². The van der Waals surface area contributed by atoms with Gasteiger partial charge in [0.1, 0.15) is 24.0 Å². The number of carbonyl (C=O) groups excluding carboxylic acids is 1. The molecule has 5 rings (SSSR count). The van der Waals surface area contributed by atoms with E-state index in [0.717, 1.165) is 17.3 Å². The molecule has 0 fully saturated rings. The quantitative estimate of drug-likeness (QED) is 0.229. The first-order valence-corrected chi connectivity index (χ1v) is 12.4. The average Bonchev–Trinajstić information content (AvgIpc) is 3.26. The van der Waals surface area contributed by atoms with Gasteiger partial charge in [-0.3, -0.25) is 4.79 Å². The predicted octanol–water partition coefficient (Wildman–Crippen LogP) is 7.52. The summed E-state index contributed by atoms with van der Waals surface area (Å²) in [6.45, 7) is 2.24. The van der Waals surface area contributed by atoms with Crippen molar-refractivity contribution in [1.29, 1.82) is 0 Å². The normalized spacial score (nSPS) is 10.8. The molecule has 38 heavy (non-hydrogen) atoms. The van der Waals surface area contributed by atoms with Crippen molar-refractivity contribution in [3.05, 3.63) is 124 Å². The highest BCUT2D eigenvalue weighted by atomic mass is 35.5. The molecule has 0 aliphatic carbocycles. The van der Waals surface area contributed by atoms with Crippen molar-refractivity contribution in [2.24, 2.45) is 0 Å². The van der Waals surface area contributed by atoms with Crippen LogP contribution < -0.4 is 10.1 Å². The highest BCUT2D eigenvalue weighted by Gasteiger charge is 2.23. The van der Waals surface area contributed by atoms with Gasteiger partial charge in [-0.2, -0.15) is 5.10 Å². The van der Waals surface area contributed by atoms with Gasteiger partial charge >= 0.3 is 0 Å². The van der Waals surface area contributed by atoms with Crippen molar-refractivity contribution in [2.45, 2.75) is 13.5 Å². The van der Waals surface area contributed by atoms with Crippen LogP contribution in [0.2, 0.25) is 10.0 Å². The minimum atomic E-state index is -0.501. The summed E-state index contributed by atoms with van der Waals surface area (Å²) < 4.78 is 20.8.